The van der Waals surface area contributed by atoms with Crippen LogP contribution in [0.2, 0.25) is 0 Å². The minimum Gasteiger partial charge on any atom is -0.496 e. The van der Waals surface area contributed by atoms with E-state index in [4.69, 9.17) is 19.9 Å². The summed E-state index contributed by atoms with van der Waals surface area (Å²) >= 11 is 0. The number of allylic oxidation sites excluding steroid dienone is 5. The van der Waals surface area contributed by atoms with Gasteiger partial charge in [0.15, 0.2) is 0 Å². The van der Waals surface area contributed by atoms with Gasteiger partial charge in [0, 0.05) is 25.6 Å². The molecule has 2 aliphatic rings. The van der Waals surface area contributed by atoms with Gasteiger partial charge in [-0.1, -0.05) is 18.2 Å². The summed E-state index contributed by atoms with van der Waals surface area (Å²) in [4.78, 5) is 0. The zero-order chi connectivity index (χ0) is 16.2. The number of unbranched alkanes of at least 4 members (excludes halogenated alkanes) is 1. The highest BCUT2D eigenvalue weighted by Gasteiger charge is 2.07. The summed E-state index contributed by atoms with van der Waals surface area (Å²) in [6.07, 6.45) is 17.0. The van der Waals surface area contributed by atoms with E-state index in [0.29, 0.717) is 13.2 Å². The molecule has 0 bridgehead atoms. The number of ether oxygens (including phenoxy) is 3. The molecule has 0 aromatic carbocycles. The molecule has 2 rings (SSSR count). The summed E-state index contributed by atoms with van der Waals surface area (Å²) in [5, 5.41) is 0. The van der Waals surface area contributed by atoms with Crippen LogP contribution in [0.3, 0.4) is 0 Å². The average molecular weight is 319 g/mol. The van der Waals surface area contributed by atoms with Crippen molar-refractivity contribution < 1.29 is 14.2 Å². The standard InChI is InChI=1S/C19H29NO3/c20-11-14-23-19-10-6-9-18(15-19)22-13-5-4-12-21-16-17-7-2-1-3-8-17/h2,7-9,15H,1,3-6,10-14,16,20H2. The molecule has 23 heavy (non-hydrogen) atoms. The molecule has 0 aromatic heterocycles. The maximum Gasteiger partial charge on any atom is 0.118 e. The van der Waals surface area contributed by atoms with Crippen molar-refractivity contribution in [3.05, 3.63) is 47.5 Å². The lowest BCUT2D eigenvalue weighted by Gasteiger charge is -2.15. The van der Waals surface area contributed by atoms with Gasteiger partial charge in [0.1, 0.15) is 5.76 Å². The molecular formula is C19H29NO3. The molecule has 0 saturated heterocycles. The van der Waals surface area contributed by atoms with Crippen LogP contribution >= 0.6 is 0 Å². The maximum absolute atomic E-state index is 5.79. The smallest absolute Gasteiger partial charge is 0.118 e. The quantitative estimate of drug-likeness (QED) is 0.591. The Kier molecular flexibility index (Phi) is 8.59. The Labute approximate surface area is 139 Å². The fourth-order valence-corrected chi connectivity index (χ4v) is 2.51. The first-order chi connectivity index (χ1) is 11.4. The maximum atomic E-state index is 5.79. The first kappa shape index (κ1) is 17.8. The fourth-order valence-electron chi connectivity index (χ4n) is 2.51. The Hall–Kier alpha value is -1.52. The highest BCUT2D eigenvalue weighted by atomic mass is 16.5. The highest BCUT2D eigenvalue weighted by Crippen LogP contribution is 2.19. The van der Waals surface area contributed by atoms with Gasteiger partial charge in [0.05, 0.1) is 25.6 Å². The van der Waals surface area contributed by atoms with Crippen molar-refractivity contribution in [2.75, 3.05) is 33.0 Å². The third-order valence-corrected chi connectivity index (χ3v) is 3.74. The first-order valence-electron chi connectivity index (χ1n) is 8.68. The average Bonchev–Trinajstić information content (AvgIpc) is 2.60. The summed E-state index contributed by atoms with van der Waals surface area (Å²) in [6, 6.07) is 0. The Morgan fingerprint density at radius 2 is 1.87 bits per heavy atom. The molecule has 0 saturated carbocycles. The molecule has 0 heterocycles. The summed E-state index contributed by atoms with van der Waals surface area (Å²) in [7, 11) is 0. The van der Waals surface area contributed by atoms with E-state index in [9.17, 15) is 0 Å². The van der Waals surface area contributed by atoms with Crippen LogP contribution in [0.25, 0.3) is 0 Å². The SMILES string of the molecule is NCCOC1=CC(OCCCCOCC2=CCCC=C2)=CCC1. The molecule has 0 radical (unpaired) electrons. The van der Waals surface area contributed by atoms with Gasteiger partial charge in [0.25, 0.3) is 0 Å². The second kappa shape index (κ2) is 11.1. The van der Waals surface area contributed by atoms with E-state index in [0.717, 1.165) is 69.9 Å². The summed E-state index contributed by atoms with van der Waals surface area (Å²) in [5.74, 6) is 1.90. The largest absolute Gasteiger partial charge is 0.496 e. The molecule has 2 aliphatic carbocycles. The molecule has 0 aliphatic heterocycles. The molecule has 4 nitrogen and oxygen atoms in total. The van der Waals surface area contributed by atoms with Crippen molar-refractivity contribution >= 4 is 0 Å². The Bertz CT molecular complexity index is 463. The van der Waals surface area contributed by atoms with Crippen molar-refractivity contribution in [1.82, 2.24) is 0 Å². The normalized spacial score (nSPS) is 17.3. The summed E-state index contributed by atoms with van der Waals surface area (Å²) in [6.45, 7) is 3.35. The van der Waals surface area contributed by atoms with Crippen molar-refractivity contribution in [2.24, 2.45) is 5.73 Å². The summed E-state index contributed by atoms with van der Waals surface area (Å²) < 4.78 is 17.0. The fraction of sp³-hybridized carbons (Fsp3) is 0.579. The van der Waals surface area contributed by atoms with E-state index in [1.807, 2.05) is 6.08 Å². The zero-order valence-electron chi connectivity index (χ0n) is 14.0. The molecular weight excluding hydrogens is 290 g/mol. The molecule has 0 spiro atoms. The van der Waals surface area contributed by atoms with E-state index < -0.39 is 0 Å². The minimum atomic E-state index is 0.546. The molecule has 0 fully saturated rings. The van der Waals surface area contributed by atoms with Crippen LogP contribution < -0.4 is 5.73 Å². The predicted molar refractivity (Wildman–Crippen MR) is 92.9 cm³/mol. The van der Waals surface area contributed by atoms with Gasteiger partial charge < -0.3 is 19.9 Å². The molecule has 4 heteroatoms. The van der Waals surface area contributed by atoms with Crippen LogP contribution in [-0.4, -0.2) is 33.0 Å². The zero-order valence-corrected chi connectivity index (χ0v) is 14.0. The molecule has 128 valence electrons. The predicted octanol–water partition coefficient (Wildman–Crippen LogP) is 3.61. The van der Waals surface area contributed by atoms with Crippen molar-refractivity contribution in [3.63, 3.8) is 0 Å². The van der Waals surface area contributed by atoms with Crippen LogP contribution in [0, 0.1) is 0 Å². The van der Waals surface area contributed by atoms with Crippen LogP contribution in [0.1, 0.15) is 38.5 Å². The number of hydrogen-bond acceptors (Lipinski definition) is 4. The number of nitrogens with two attached hydrogens (primary N) is 1. The van der Waals surface area contributed by atoms with Crippen LogP contribution in [0.15, 0.2) is 47.5 Å². The number of hydrogen-bond donors (Lipinski definition) is 1. The lowest BCUT2D eigenvalue weighted by atomic mass is 10.1. The van der Waals surface area contributed by atoms with Gasteiger partial charge in [-0.25, -0.2) is 0 Å². The molecule has 0 aromatic rings. The second-order valence-corrected chi connectivity index (χ2v) is 5.76. The van der Waals surface area contributed by atoms with Crippen LogP contribution in [0.4, 0.5) is 0 Å². The monoisotopic (exact) mass is 319 g/mol. The highest BCUT2D eigenvalue weighted by molar-refractivity contribution is 5.22. The van der Waals surface area contributed by atoms with E-state index in [2.05, 4.69) is 24.3 Å². The van der Waals surface area contributed by atoms with Gasteiger partial charge in [-0.05, 0) is 43.8 Å². The van der Waals surface area contributed by atoms with Gasteiger partial charge in [-0.15, -0.1) is 0 Å². The molecule has 0 unspecified atom stereocenters. The van der Waals surface area contributed by atoms with Gasteiger partial charge in [-0.2, -0.15) is 0 Å². The lowest BCUT2D eigenvalue weighted by Crippen LogP contribution is -2.09. The van der Waals surface area contributed by atoms with Gasteiger partial charge >= 0.3 is 0 Å². The van der Waals surface area contributed by atoms with E-state index >= 15 is 0 Å². The third-order valence-electron chi connectivity index (χ3n) is 3.74. The Morgan fingerprint density at radius 1 is 0.957 bits per heavy atom. The first-order valence-corrected chi connectivity index (χ1v) is 8.68. The third kappa shape index (κ3) is 7.53. The second-order valence-electron chi connectivity index (χ2n) is 5.76. The Morgan fingerprint density at radius 3 is 2.70 bits per heavy atom. The Balaban J connectivity index is 1.50. The molecule has 0 atom stereocenters. The van der Waals surface area contributed by atoms with Crippen molar-refractivity contribution in [1.29, 1.82) is 0 Å². The lowest BCUT2D eigenvalue weighted by molar-refractivity contribution is 0.139. The number of rotatable bonds is 11. The topological polar surface area (TPSA) is 53.7 Å². The van der Waals surface area contributed by atoms with Crippen molar-refractivity contribution in [3.8, 4) is 0 Å². The van der Waals surface area contributed by atoms with Crippen molar-refractivity contribution in [2.45, 2.75) is 38.5 Å². The van der Waals surface area contributed by atoms with Gasteiger partial charge in [0.2, 0.25) is 0 Å². The van der Waals surface area contributed by atoms with E-state index in [-0.39, 0.29) is 0 Å². The van der Waals surface area contributed by atoms with Gasteiger partial charge in [-0.3, -0.25) is 0 Å². The molecule has 0 amide bonds. The van der Waals surface area contributed by atoms with Crippen LogP contribution in [-0.2, 0) is 14.2 Å². The minimum absolute atomic E-state index is 0.546. The summed E-state index contributed by atoms with van der Waals surface area (Å²) in [5.41, 5.74) is 6.75. The van der Waals surface area contributed by atoms with E-state index in [1.165, 1.54) is 5.57 Å². The van der Waals surface area contributed by atoms with Crippen LogP contribution in [0.5, 0.6) is 0 Å². The molecule has 2 N–H and O–H groups in total. The van der Waals surface area contributed by atoms with E-state index in [1.54, 1.807) is 0 Å².